The van der Waals surface area contributed by atoms with E-state index in [0.717, 1.165) is 36.6 Å². The lowest BCUT2D eigenvalue weighted by Crippen LogP contribution is -2.29. The Balaban J connectivity index is 0.00000192. The number of rotatable bonds is 5. The third-order valence-electron chi connectivity index (χ3n) is 4.33. The maximum atomic E-state index is 12.0. The third kappa shape index (κ3) is 5.29. The fourth-order valence-corrected chi connectivity index (χ4v) is 2.99. The molecule has 2 aliphatic rings. The topological polar surface area (TPSA) is 59.6 Å². The maximum absolute atomic E-state index is 12.0. The van der Waals surface area contributed by atoms with E-state index in [9.17, 15) is 4.79 Å². The van der Waals surface area contributed by atoms with Crippen molar-refractivity contribution in [1.29, 1.82) is 0 Å². The van der Waals surface area contributed by atoms with Crippen LogP contribution in [0.3, 0.4) is 0 Å². The van der Waals surface area contributed by atoms with Crippen molar-refractivity contribution < 1.29 is 14.3 Å². The average Bonchev–Trinajstić information content (AvgIpc) is 2.59. The SMILES string of the molecule is Cl.O=C(CCC1CCNCC1)NCc1ccc2c(c1)OCCO2. The van der Waals surface area contributed by atoms with Crippen LogP contribution in [0.25, 0.3) is 0 Å². The Morgan fingerprint density at radius 1 is 1.17 bits per heavy atom. The van der Waals surface area contributed by atoms with Crippen molar-refractivity contribution in [1.82, 2.24) is 10.6 Å². The number of nitrogens with one attached hydrogen (secondary N) is 2. The van der Waals surface area contributed by atoms with E-state index in [1.54, 1.807) is 0 Å². The summed E-state index contributed by atoms with van der Waals surface area (Å²) in [5.74, 6) is 2.38. The van der Waals surface area contributed by atoms with Crippen molar-refractivity contribution >= 4 is 18.3 Å². The zero-order chi connectivity index (χ0) is 15.2. The molecule has 0 spiro atoms. The molecule has 0 aromatic heterocycles. The molecule has 2 N–H and O–H groups in total. The van der Waals surface area contributed by atoms with Crippen LogP contribution in [0.2, 0.25) is 0 Å². The average molecular weight is 341 g/mol. The van der Waals surface area contributed by atoms with E-state index in [-0.39, 0.29) is 18.3 Å². The molecule has 0 aliphatic carbocycles. The molecule has 0 radical (unpaired) electrons. The third-order valence-corrected chi connectivity index (χ3v) is 4.33. The van der Waals surface area contributed by atoms with Crippen molar-refractivity contribution in [3.63, 3.8) is 0 Å². The molecule has 2 aliphatic heterocycles. The lowest BCUT2D eigenvalue weighted by Gasteiger charge is -2.22. The number of benzene rings is 1. The molecule has 23 heavy (non-hydrogen) atoms. The van der Waals surface area contributed by atoms with Crippen LogP contribution in [0.5, 0.6) is 11.5 Å². The summed E-state index contributed by atoms with van der Waals surface area (Å²) in [5, 5.41) is 6.35. The van der Waals surface area contributed by atoms with E-state index in [1.165, 1.54) is 12.8 Å². The van der Waals surface area contributed by atoms with Gasteiger partial charge in [0.05, 0.1) is 0 Å². The molecule has 0 saturated carbocycles. The Morgan fingerprint density at radius 2 is 1.91 bits per heavy atom. The quantitative estimate of drug-likeness (QED) is 0.863. The standard InChI is InChI=1S/C17H24N2O3.ClH/c20-17(4-2-13-5-7-18-8-6-13)19-12-14-1-3-15-16(11-14)22-10-9-21-15;/h1,3,11,13,18H,2,4-10,12H2,(H,19,20);1H. The number of fused-ring (bicyclic) bond motifs is 1. The number of halogens is 1. The number of hydrogen-bond donors (Lipinski definition) is 2. The molecular weight excluding hydrogens is 316 g/mol. The van der Waals surface area contributed by atoms with Crippen LogP contribution in [0.4, 0.5) is 0 Å². The fourth-order valence-electron chi connectivity index (χ4n) is 2.99. The zero-order valence-electron chi connectivity index (χ0n) is 13.3. The number of hydrogen-bond acceptors (Lipinski definition) is 4. The molecule has 0 bridgehead atoms. The van der Waals surface area contributed by atoms with Crippen LogP contribution in [0, 0.1) is 5.92 Å². The second-order valence-electron chi connectivity index (χ2n) is 5.99. The monoisotopic (exact) mass is 340 g/mol. The number of piperidine rings is 1. The molecule has 1 amide bonds. The van der Waals surface area contributed by atoms with Gasteiger partial charge in [-0.25, -0.2) is 0 Å². The van der Waals surface area contributed by atoms with Crippen LogP contribution in [0.15, 0.2) is 18.2 Å². The van der Waals surface area contributed by atoms with Crippen LogP contribution < -0.4 is 20.1 Å². The van der Waals surface area contributed by atoms with E-state index in [1.807, 2.05) is 18.2 Å². The minimum atomic E-state index is 0. The van der Waals surface area contributed by atoms with Gasteiger partial charge in [-0.3, -0.25) is 4.79 Å². The molecule has 0 atom stereocenters. The van der Waals surface area contributed by atoms with Gasteiger partial charge in [-0.2, -0.15) is 0 Å². The van der Waals surface area contributed by atoms with Gasteiger partial charge in [0, 0.05) is 13.0 Å². The summed E-state index contributed by atoms with van der Waals surface area (Å²) in [6.45, 7) is 3.90. The van der Waals surface area contributed by atoms with E-state index in [2.05, 4.69) is 10.6 Å². The predicted molar refractivity (Wildman–Crippen MR) is 91.4 cm³/mol. The van der Waals surface area contributed by atoms with Gasteiger partial charge in [0.25, 0.3) is 0 Å². The summed E-state index contributed by atoms with van der Waals surface area (Å²) in [7, 11) is 0. The van der Waals surface area contributed by atoms with Gasteiger partial charge >= 0.3 is 0 Å². The first-order valence-corrected chi connectivity index (χ1v) is 8.17. The first kappa shape index (κ1) is 17.9. The summed E-state index contributed by atoms with van der Waals surface area (Å²) in [6, 6.07) is 5.83. The van der Waals surface area contributed by atoms with E-state index < -0.39 is 0 Å². The summed E-state index contributed by atoms with van der Waals surface area (Å²) in [6.07, 6.45) is 3.99. The number of ether oxygens (including phenoxy) is 2. The number of carbonyl (C=O) groups excluding carboxylic acids is 1. The summed E-state index contributed by atoms with van der Waals surface area (Å²) >= 11 is 0. The van der Waals surface area contributed by atoms with Crippen molar-refractivity contribution in [3.8, 4) is 11.5 Å². The van der Waals surface area contributed by atoms with Gasteiger partial charge in [0.1, 0.15) is 13.2 Å². The fraction of sp³-hybridized carbons (Fsp3) is 0.588. The van der Waals surface area contributed by atoms with Gasteiger partial charge in [-0.15, -0.1) is 12.4 Å². The smallest absolute Gasteiger partial charge is 0.220 e. The van der Waals surface area contributed by atoms with Crippen LogP contribution in [-0.2, 0) is 11.3 Å². The summed E-state index contributed by atoms with van der Waals surface area (Å²) in [5.41, 5.74) is 1.04. The van der Waals surface area contributed by atoms with Gasteiger partial charge in [-0.1, -0.05) is 6.07 Å². The van der Waals surface area contributed by atoms with E-state index in [0.29, 0.717) is 32.1 Å². The number of amides is 1. The summed E-state index contributed by atoms with van der Waals surface area (Å²) < 4.78 is 11.0. The molecular formula is C17H25ClN2O3. The highest BCUT2D eigenvalue weighted by atomic mass is 35.5. The largest absolute Gasteiger partial charge is 0.486 e. The highest BCUT2D eigenvalue weighted by Crippen LogP contribution is 2.30. The minimum Gasteiger partial charge on any atom is -0.486 e. The van der Waals surface area contributed by atoms with Gasteiger partial charge in [0.15, 0.2) is 11.5 Å². The van der Waals surface area contributed by atoms with Gasteiger partial charge in [0.2, 0.25) is 5.91 Å². The molecule has 1 fully saturated rings. The van der Waals surface area contributed by atoms with E-state index in [4.69, 9.17) is 9.47 Å². The van der Waals surface area contributed by atoms with Gasteiger partial charge in [-0.05, 0) is 56.0 Å². The molecule has 1 saturated heterocycles. The highest BCUT2D eigenvalue weighted by Gasteiger charge is 2.15. The Kier molecular flexibility index (Phi) is 6.99. The Labute approximate surface area is 143 Å². The number of carbonyl (C=O) groups is 1. The lowest BCUT2D eigenvalue weighted by molar-refractivity contribution is -0.121. The molecule has 5 nitrogen and oxygen atoms in total. The first-order valence-electron chi connectivity index (χ1n) is 8.17. The van der Waals surface area contributed by atoms with Gasteiger partial charge < -0.3 is 20.1 Å². The normalized spacial score (nSPS) is 17.2. The minimum absolute atomic E-state index is 0. The molecule has 0 unspecified atom stereocenters. The molecule has 6 heteroatoms. The second-order valence-corrected chi connectivity index (χ2v) is 5.99. The first-order chi connectivity index (χ1) is 10.8. The molecule has 1 aromatic rings. The molecule has 1 aromatic carbocycles. The second kappa shape index (κ2) is 8.99. The zero-order valence-corrected chi connectivity index (χ0v) is 14.1. The highest BCUT2D eigenvalue weighted by molar-refractivity contribution is 5.85. The molecule has 2 heterocycles. The molecule has 3 rings (SSSR count). The Morgan fingerprint density at radius 3 is 2.70 bits per heavy atom. The van der Waals surface area contributed by atoms with Crippen molar-refractivity contribution in [2.24, 2.45) is 5.92 Å². The van der Waals surface area contributed by atoms with Crippen LogP contribution >= 0.6 is 12.4 Å². The van der Waals surface area contributed by atoms with Crippen molar-refractivity contribution in [2.45, 2.75) is 32.2 Å². The lowest BCUT2D eigenvalue weighted by atomic mass is 9.93. The van der Waals surface area contributed by atoms with Crippen molar-refractivity contribution in [2.75, 3.05) is 26.3 Å². The van der Waals surface area contributed by atoms with Crippen LogP contribution in [0.1, 0.15) is 31.2 Å². The Hall–Kier alpha value is -1.46. The van der Waals surface area contributed by atoms with Crippen LogP contribution in [-0.4, -0.2) is 32.2 Å². The Bertz CT molecular complexity index is 519. The van der Waals surface area contributed by atoms with E-state index >= 15 is 0 Å². The molecule has 128 valence electrons. The maximum Gasteiger partial charge on any atom is 0.220 e. The predicted octanol–water partition coefficient (Wildman–Crippen LogP) is 2.28. The van der Waals surface area contributed by atoms with Crippen molar-refractivity contribution in [3.05, 3.63) is 23.8 Å². The summed E-state index contributed by atoms with van der Waals surface area (Å²) in [4.78, 5) is 12.0.